The number of aliphatic hydroxyl groups excluding tert-OH is 1. The number of hydrogen-bond donors (Lipinski definition) is 1. The van der Waals surface area contributed by atoms with Gasteiger partial charge in [0.15, 0.2) is 0 Å². The number of hydrogen-bond acceptors (Lipinski definition) is 4. The molecule has 1 N–H and O–H groups in total. The summed E-state index contributed by atoms with van der Waals surface area (Å²) in [7, 11) is 0. The fourth-order valence-electron chi connectivity index (χ4n) is 3.52. The van der Waals surface area contributed by atoms with Gasteiger partial charge in [0.2, 0.25) is 0 Å². The van der Waals surface area contributed by atoms with Crippen LogP contribution in [0, 0.1) is 0 Å². The molecule has 1 atom stereocenters. The van der Waals surface area contributed by atoms with Crippen LogP contribution in [0.1, 0.15) is 22.7 Å². The summed E-state index contributed by atoms with van der Waals surface area (Å²) in [5.41, 5.74) is 1.73. The first-order valence-electron chi connectivity index (χ1n) is 9.25. The van der Waals surface area contributed by atoms with Crippen LogP contribution in [0.15, 0.2) is 77.0 Å². The summed E-state index contributed by atoms with van der Waals surface area (Å²) in [4.78, 5) is 31.5. The van der Waals surface area contributed by atoms with Gasteiger partial charge in [-0.25, -0.2) is 0 Å². The normalized spacial score (nSPS) is 17.9. The van der Waals surface area contributed by atoms with Crippen LogP contribution in [-0.2, 0) is 16.1 Å². The van der Waals surface area contributed by atoms with Gasteiger partial charge in [-0.3, -0.25) is 14.6 Å². The van der Waals surface area contributed by atoms with Gasteiger partial charge < -0.3 is 10.0 Å². The molecular weight excluding hydrogens is 503 g/mol. The summed E-state index contributed by atoms with van der Waals surface area (Å²) in [6.07, 6.45) is 3.25. The molecule has 0 spiro atoms. The third kappa shape index (κ3) is 4.24. The van der Waals surface area contributed by atoms with Crippen molar-refractivity contribution in [2.75, 3.05) is 0 Å². The smallest absolute Gasteiger partial charge is 0.295 e. The second-order valence-electron chi connectivity index (χ2n) is 6.97. The Hall–Kier alpha value is -2.67. The van der Waals surface area contributed by atoms with E-state index in [1.54, 1.807) is 60.9 Å². The number of aliphatic hydroxyl groups is 1. The number of nitrogens with zero attached hydrogens (tertiary/aromatic N) is 2. The molecule has 1 aromatic heterocycles. The quantitative estimate of drug-likeness (QED) is 0.271. The molecule has 1 unspecified atom stereocenters. The Labute approximate surface area is 197 Å². The SMILES string of the molecule is O=C1C(=O)N(Cc2cccnc2)C(c2ccc(Cl)c(Cl)c2)/C1=C(/O)c1ccc(Br)cc1. The van der Waals surface area contributed by atoms with Gasteiger partial charge in [0.1, 0.15) is 5.76 Å². The van der Waals surface area contributed by atoms with Crippen LogP contribution in [0.2, 0.25) is 10.0 Å². The van der Waals surface area contributed by atoms with Crippen molar-refractivity contribution in [2.24, 2.45) is 0 Å². The van der Waals surface area contributed by atoms with E-state index in [0.29, 0.717) is 16.1 Å². The molecule has 0 bridgehead atoms. The molecule has 5 nitrogen and oxygen atoms in total. The predicted molar refractivity (Wildman–Crippen MR) is 123 cm³/mol. The Bertz CT molecular complexity index is 1200. The number of halogens is 3. The zero-order valence-electron chi connectivity index (χ0n) is 15.9. The molecule has 2 heterocycles. The minimum atomic E-state index is -0.835. The van der Waals surface area contributed by atoms with Gasteiger partial charge in [0, 0.05) is 29.0 Å². The van der Waals surface area contributed by atoms with Crippen molar-refractivity contribution in [1.29, 1.82) is 0 Å². The van der Waals surface area contributed by atoms with Gasteiger partial charge in [0.05, 0.1) is 21.7 Å². The summed E-state index contributed by atoms with van der Waals surface area (Å²) in [6, 6.07) is 14.4. The Morgan fingerprint density at radius 2 is 1.81 bits per heavy atom. The number of ketones is 1. The molecule has 1 aliphatic heterocycles. The number of pyridine rings is 1. The highest BCUT2D eigenvalue weighted by molar-refractivity contribution is 9.10. The monoisotopic (exact) mass is 516 g/mol. The van der Waals surface area contributed by atoms with E-state index in [4.69, 9.17) is 23.2 Å². The van der Waals surface area contributed by atoms with Crippen molar-refractivity contribution >= 4 is 56.6 Å². The molecule has 4 rings (SSSR count). The van der Waals surface area contributed by atoms with E-state index in [-0.39, 0.29) is 22.9 Å². The average molecular weight is 518 g/mol. The van der Waals surface area contributed by atoms with Crippen molar-refractivity contribution < 1.29 is 14.7 Å². The van der Waals surface area contributed by atoms with Crippen molar-refractivity contribution in [3.63, 3.8) is 0 Å². The standard InChI is InChI=1S/C23H15BrCl2N2O3/c24-16-6-3-14(4-7-16)21(29)19-20(15-5-8-17(25)18(26)10-15)28(23(31)22(19)30)12-13-2-1-9-27-11-13/h1-11,20,29H,12H2/b21-19-. The summed E-state index contributed by atoms with van der Waals surface area (Å²) in [5, 5.41) is 11.7. The largest absolute Gasteiger partial charge is 0.507 e. The van der Waals surface area contributed by atoms with Crippen molar-refractivity contribution in [2.45, 2.75) is 12.6 Å². The first kappa shape index (κ1) is 21.6. The fourth-order valence-corrected chi connectivity index (χ4v) is 4.09. The molecule has 31 heavy (non-hydrogen) atoms. The van der Waals surface area contributed by atoms with E-state index in [0.717, 1.165) is 10.0 Å². The third-order valence-electron chi connectivity index (χ3n) is 4.99. The summed E-state index contributed by atoms with van der Waals surface area (Å²) in [6.45, 7) is 0.139. The van der Waals surface area contributed by atoms with Crippen LogP contribution in [0.5, 0.6) is 0 Å². The molecule has 2 aromatic carbocycles. The number of benzene rings is 2. The first-order chi connectivity index (χ1) is 14.9. The Morgan fingerprint density at radius 1 is 1.06 bits per heavy atom. The van der Waals surface area contributed by atoms with E-state index >= 15 is 0 Å². The molecule has 1 saturated heterocycles. The van der Waals surface area contributed by atoms with E-state index in [2.05, 4.69) is 20.9 Å². The lowest BCUT2D eigenvalue weighted by Crippen LogP contribution is -2.29. The molecule has 0 saturated carbocycles. The highest BCUT2D eigenvalue weighted by Gasteiger charge is 2.46. The van der Waals surface area contributed by atoms with Crippen molar-refractivity contribution in [3.05, 3.63) is 104 Å². The highest BCUT2D eigenvalue weighted by Crippen LogP contribution is 2.41. The van der Waals surface area contributed by atoms with Gasteiger partial charge in [-0.15, -0.1) is 0 Å². The van der Waals surface area contributed by atoms with Crippen molar-refractivity contribution in [3.8, 4) is 0 Å². The molecule has 1 aliphatic rings. The van der Waals surface area contributed by atoms with Gasteiger partial charge in [-0.2, -0.15) is 0 Å². The Balaban J connectivity index is 1.88. The lowest BCUT2D eigenvalue weighted by atomic mass is 9.95. The minimum absolute atomic E-state index is 0.00500. The lowest BCUT2D eigenvalue weighted by Gasteiger charge is -2.25. The number of carbonyl (C=O) groups excluding carboxylic acids is 2. The number of aromatic nitrogens is 1. The molecule has 156 valence electrons. The predicted octanol–water partition coefficient (Wildman–Crippen LogP) is 5.77. The van der Waals surface area contributed by atoms with Gasteiger partial charge in [0.25, 0.3) is 11.7 Å². The van der Waals surface area contributed by atoms with E-state index in [1.807, 2.05) is 6.07 Å². The number of amides is 1. The minimum Gasteiger partial charge on any atom is -0.507 e. The first-order valence-corrected chi connectivity index (χ1v) is 10.8. The maximum absolute atomic E-state index is 13.0. The van der Waals surface area contributed by atoms with Crippen molar-refractivity contribution in [1.82, 2.24) is 9.88 Å². The number of carbonyl (C=O) groups is 2. The summed E-state index contributed by atoms with van der Waals surface area (Å²) in [5.74, 6) is -1.73. The maximum atomic E-state index is 13.0. The van der Waals surface area contributed by atoms with E-state index in [1.165, 1.54) is 4.90 Å². The fraction of sp³-hybridized carbons (Fsp3) is 0.0870. The van der Waals surface area contributed by atoms with Crippen LogP contribution in [0.25, 0.3) is 5.76 Å². The van der Waals surface area contributed by atoms with Gasteiger partial charge >= 0.3 is 0 Å². The van der Waals surface area contributed by atoms with Gasteiger partial charge in [-0.05, 0) is 41.5 Å². The maximum Gasteiger partial charge on any atom is 0.295 e. The number of Topliss-reactive ketones (excluding diaryl/α,β-unsaturated/α-hetero) is 1. The van der Waals surface area contributed by atoms with Crippen LogP contribution in [0.4, 0.5) is 0 Å². The third-order valence-corrected chi connectivity index (χ3v) is 6.26. The lowest BCUT2D eigenvalue weighted by molar-refractivity contribution is -0.140. The van der Waals surface area contributed by atoms with Crippen LogP contribution >= 0.6 is 39.1 Å². The van der Waals surface area contributed by atoms with Gasteiger partial charge in [-0.1, -0.05) is 63.4 Å². The number of likely N-dealkylation sites (tertiary alicyclic amines) is 1. The molecular formula is C23H15BrCl2N2O3. The molecule has 1 fully saturated rings. The molecule has 0 radical (unpaired) electrons. The van der Waals surface area contributed by atoms with E-state index in [9.17, 15) is 14.7 Å². The topological polar surface area (TPSA) is 70.5 Å². The number of rotatable bonds is 4. The molecule has 0 aliphatic carbocycles. The highest BCUT2D eigenvalue weighted by atomic mass is 79.9. The molecule has 8 heteroatoms. The van der Waals surface area contributed by atoms with Crippen LogP contribution in [0.3, 0.4) is 0 Å². The molecule has 3 aromatic rings. The zero-order valence-corrected chi connectivity index (χ0v) is 19.0. The summed E-state index contributed by atoms with van der Waals surface area (Å²) < 4.78 is 0.821. The summed E-state index contributed by atoms with van der Waals surface area (Å²) >= 11 is 15.6. The van der Waals surface area contributed by atoms with Crippen LogP contribution in [-0.4, -0.2) is 26.7 Å². The average Bonchev–Trinajstić information content (AvgIpc) is 3.01. The zero-order chi connectivity index (χ0) is 22.1. The second kappa shape index (κ2) is 8.83. The second-order valence-corrected chi connectivity index (χ2v) is 8.70. The van der Waals surface area contributed by atoms with E-state index < -0.39 is 17.7 Å². The Morgan fingerprint density at radius 3 is 2.45 bits per heavy atom. The Kier molecular flexibility index (Phi) is 6.14. The van der Waals surface area contributed by atoms with Crippen LogP contribution < -0.4 is 0 Å². The molecule has 1 amide bonds.